The summed E-state index contributed by atoms with van der Waals surface area (Å²) in [5.41, 5.74) is 18.7. The molecule has 0 N–H and O–H groups in total. The Hall–Kier alpha value is -10.3. The highest BCUT2D eigenvalue weighted by molar-refractivity contribution is 7.25. The molecule has 0 atom stereocenters. The third-order valence-electron chi connectivity index (χ3n) is 15.2. The van der Waals surface area contributed by atoms with E-state index in [0.29, 0.717) is 0 Å². The number of para-hydroxylation sites is 2. The smallest absolute Gasteiger partial charge is 0.0503 e. The molecule has 0 amide bonds. The minimum Gasteiger partial charge on any atom is -0.310 e. The monoisotopic (exact) mass is 1040 g/mol. The molecule has 0 saturated heterocycles. The van der Waals surface area contributed by atoms with Gasteiger partial charge in [0.25, 0.3) is 0 Å². The van der Waals surface area contributed by atoms with Crippen LogP contribution in [0, 0.1) is 0 Å². The summed E-state index contributed by atoms with van der Waals surface area (Å²) in [7, 11) is 0. The van der Waals surface area contributed by atoms with Crippen LogP contribution in [0.4, 0.5) is 51.2 Å². The van der Waals surface area contributed by atoms with E-state index >= 15 is 0 Å². The third kappa shape index (κ3) is 9.44. The Morgan fingerprint density at radius 3 is 1.01 bits per heavy atom. The van der Waals surface area contributed by atoms with Crippen molar-refractivity contribution in [2.75, 3.05) is 14.7 Å². The Labute approximate surface area is 471 Å². The highest BCUT2D eigenvalue weighted by Gasteiger charge is 2.23. The fraction of sp³-hybridized carbons (Fsp3) is 0. The van der Waals surface area contributed by atoms with Gasteiger partial charge in [-0.15, -0.1) is 11.3 Å². The van der Waals surface area contributed by atoms with Crippen molar-refractivity contribution >= 4 is 93.5 Å². The first kappa shape index (κ1) is 48.1. The summed E-state index contributed by atoms with van der Waals surface area (Å²) in [5.74, 6) is 0. The lowest BCUT2D eigenvalue weighted by atomic mass is 9.98. The fourth-order valence-corrected chi connectivity index (χ4v) is 12.4. The van der Waals surface area contributed by atoms with Crippen molar-refractivity contribution in [2.45, 2.75) is 0 Å². The quantitative estimate of drug-likeness (QED) is 0.114. The molecule has 3 nitrogen and oxygen atoms in total. The van der Waals surface area contributed by atoms with Crippen molar-refractivity contribution in [1.29, 1.82) is 0 Å². The number of hydrogen-bond acceptors (Lipinski definition) is 4. The van der Waals surface area contributed by atoms with Crippen molar-refractivity contribution < 1.29 is 0 Å². The molecule has 0 saturated carbocycles. The van der Waals surface area contributed by atoms with Crippen molar-refractivity contribution in [3.63, 3.8) is 0 Å². The number of nitrogens with zero attached hydrogens (tertiary/aromatic N) is 3. The standard InChI is InChI=1S/C76H53N3S/c1-5-18-54(19-6-1)56-32-41-64(42-33-56)77(62-24-9-3-10-25-62)68-51-69(78(63-26-11-4-12-27-63)65-43-34-57(35-44-65)55-20-7-2-8-21-55)53-70(52-68)79(67-47-38-60(39-48-67)72-30-17-23-59-22-13-14-28-71(59)72)66-45-36-58(37-46-66)61-40-49-76-74(50-61)73-29-15-16-31-75(73)80-76/h1-53H. The molecule has 0 aliphatic carbocycles. The first-order valence-electron chi connectivity index (χ1n) is 27.2. The second-order valence-electron chi connectivity index (χ2n) is 20.1. The zero-order valence-electron chi connectivity index (χ0n) is 43.8. The zero-order chi connectivity index (χ0) is 53.2. The first-order chi connectivity index (χ1) is 39.6. The summed E-state index contributed by atoms with van der Waals surface area (Å²) in [5, 5.41) is 5.05. The molecule has 0 unspecified atom stereocenters. The summed E-state index contributed by atoms with van der Waals surface area (Å²) in [6.45, 7) is 0. The van der Waals surface area contributed by atoms with E-state index in [0.717, 1.165) is 73.4 Å². The van der Waals surface area contributed by atoms with Crippen LogP contribution < -0.4 is 14.7 Å². The van der Waals surface area contributed by atoms with E-state index in [4.69, 9.17) is 0 Å². The Bertz CT molecular complexity index is 4280. The maximum atomic E-state index is 2.42. The zero-order valence-corrected chi connectivity index (χ0v) is 44.7. The average molecular weight is 1040 g/mol. The number of hydrogen-bond donors (Lipinski definition) is 0. The molecule has 1 aromatic heterocycles. The Morgan fingerprint density at radius 2 is 0.525 bits per heavy atom. The van der Waals surface area contributed by atoms with E-state index in [9.17, 15) is 0 Å². The van der Waals surface area contributed by atoms with E-state index in [1.165, 1.54) is 53.2 Å². The van der Waals surface area contributed by atoms with E-state index in [1.54, 1.807) is 0 Å². The molecular weight excluding hydrogens is 987 g/mol. The van der Waals surface area contributed by atoms with E-state index in [-0.39, 0.29) is 0 Å². The van der Waals surface area contributed by atoms with Gasteiger partial charge < -0.3 is 14.7 Å². The van der Waals surface area contributed by atoms with Gasteiger partial charge in [0.15, 0.2) is 0 Å². The van der Waals surface area contributed by atoms with Gasteiger partial charge in [0.1, 0.15) is 0 Å². The van der Waals surface area contributed by atoms with Crippen molar-refractivity contribution in [3.05, 3.63) is 322 Å². The van der Waals surface area contributed by atoms with Gasteiger partial charge in [0, 0.05) is 54.3 Å². The van der Waals surface area contributed by atoms with E-state index in [2.05, 4.69) is 336 Å². The molecule has 0 fully saturated rings. The number of anilines is 9. The van der Waals surface area contributed by atoms with Crippen LogP contribution in [0.5, 0.6) is 0 Å². The van der Waals surface area contributed by atoms with Gasteiger partial charge in [0.2, 0.25) is 0 Å². The van der Waals surface area contributed by atoms with Crippen LogP contribution in [0.15, 0.2) is 322 Å². The maximum absolute atomic E-state index is 2.42. The second-order valence-corrected chi connectivity index (χ2v) is 21.2. The van der Waals surface area contributed by atoms with Gasteiger partial charge in [-0.25, -0.2) is 0 Å². The van der Waals surface area contributed by atoms with Crippen LogP contribution in [-0.2, 0) is 0 Å². The van der Waals surface area contributed by atoms with Gasteiger partial charge in [-0.3, -0.25) is 0 Å². The summed E-state index contributed by atoms with van der Waals surface area (Å²) in [6, 6.07) is 117. The van der Waals surface area contributed by atoms with Gasteiger partial charge in [-0.2, -0.15) is 0 Å². The van der Waals surface area contributed by atoms with Crippen LogP contribution in [-0.4, -0.2) is 0 Å². The molecular formula is C76H53N3S. The van der Waals surface area contributed by atoms with Gasteiger partial charge in [-0.1, -0.05) is 212 Å². The van der Waals surface area contributed by atoms with Crippen molar-refractivity contribution in [1.82, 2.24) is 0 Å². The molecule has 1 heterocycles. The van der Waals surface area contributed by atoms with Crippen molar-refractivity contribution in [3.8, 4) is 44.5 Å². The Kier molecular flexibility index (Phi) is 12.8. The minimum atomic E-state index is 0.998. The number of fused-ring (bicyclic) bond motifs is 4. The summed E-state index contributed by atoms with van der Waals surface area (Å²) in [4.78, 5) is 7.19. The average Bonchev–Trinajstić information content (AvgIpc) is 3.99. The molecule has 378 valence electrons. The van der Waals surface area contributed by atoms with Crippen LogP contribution in [0.25, 0.3) is 75.5 Å². The molecule has 0 spiro atoms. The number of rotatable bonds is 13. The molecule has 4 heteroatoms. The lowest BCUT2D eigenvalue weighted by Gasteiger charge is -2.33. The lowest BCUT2D eigenvalue weighted by molar-refractivity contribution is 1.22. The van der Waals surface area contributed by atoms with Crippen LogP contribution >= 0.6 is 11.3 Å². The SMILES string of the molecule is c1ccc(-c2ccc(N(c3ccccc3)c3cc(N(c4ccccc4)c4ccc(-c5ccccc5)cc4)cc(N(c4ccc(-c5ccc6sc7ccccc7c6c5)cc4)c4ccc(-c5cccc6ccccc56)cc4)c3)cc2)cc1. The molecule has 80 heavy (non-hydrogen) atoms. The second kappa shape index (κ2) is 21.3. The summed E-state index contributed by atoms with van der Waals surface area (Å²) >= 11 is 1.85. The van der Waals surface area contributed by atoms with Crippen LogP contribution in [0.2, 0.25) is 0 Å². The molecule has 0 radical (unpaired) electrons. The highest BCUT2D eigenvalue weighted by atomic mass is 32.1. The van der Waals surface area contributed by atoms with Gasteiger partial charge >= 0.3 is 0 Å². The number of benzene rings is 13. The third-order valence-corrected chi connectivity index (χ3v) is 16.4. The minimum absolute atomic E-state index is 0.998. The molecule has 14 aromatic rings. The predicted molar refractivity (Wildman–Crippen MR) is 343 cm³/mol. The topological polar surface area (TPSA) is 9.72 Å². The normalized spacial score (nSPS) is 11.2. The van der Waals surface area contributed by atoms with Gasteiger partial charge in [0.05, 0.1) is 17.1 Å². The highest BCUT2D eigenvalue weighted by Crippen LogP contribution is 2.47. The largest absolute Gasteiger partial charge is 0.310 e. The predicted octanol–water partition coefficient (Wildman–Crippen LogP) is 22.3. The summed E-state index contributed by atoms with van der Waals surface area (Å²) in [6.07, 6.45) is 0. The molecule has 0 bridgehead atoms. The molecule has 0 aliphatic rings. The molecule has 0 aliphatic heterocycles. The Balaban J connectivity index is 0.976. The van der Waals surface area contributed by atoms with Crippen LogP contribution in [0.3, 0.4) is 0 Å². The Morgan fingerprint density at radius 1 is 0.188 bits per heavy atom. The van der Waals surface area contributed by atoms with Crippen LogP contribution in [0.1, 0.15) is 0 Å². The van der Waals surface area contributed by atoms with Crippen molar-refractivity contribution in [2.24, 2.45) is 0 Å². The summed E-state index contributed by atoms with van der Waals surface area (Å²) < 4.78 is 2.61. The first-order valence-corrected chi connectivity index (χ1v) is 28.0. The number of thiophene rings is 1. The maximum Gasteiger partial charge on any atom is 0.0503 e. The molecule has 13 aromatic carbocycles. The van der Waals surface area contributed by atoms with E-state index in [1.807, 2.05) is 11.3 Å². The fourth-order valence-electron chi connectivity index (χ4n) is 11.3. The lowest BCUT2D eigenvalue weighted by Crippen LogP contribution is -2.16. The van der Waals surface area contributed by atoms with Gasteiger partial charge in [-0.05, 0) is 164 Å². The molecule has 14 rings (SSSR count). The van der Waals surface area contributed by atoms with E-state index < -0.39 is 0 Å².